The lowest BCUT2D eigenvalue weighted by Crippen LogP contribution is -2.32. The molecule has 0 radical (unpaired) electrons. The highest BCUT2D eigenvalue weighted by molar-refractivity contribution is 7.92. The maximum absolute atomic E-state index is 12.4. The highest BCUT2D eigenvalue weighted by Crippen LogP contribution is 2.29. The summed E-state index contributed by atoms with van der Waals surface area (Å²) in [7, 11) is -0.283. The molecule has 28 heavy (non-hydrogen) atoms. The number of methoxy groups -OCH3 is 1. The molecule has 0 atom stereocenters. The van der Waals surface area contributed by atoms with Crippen molar-refractivity contribution in [2.75, 3.05) is 31.3 Å². The number of carbonyl (C=O) groups is 1. The summed E-state index contributed by atoms with van der Waals surface area (Å²) < 4.78 is 31.0. The van der Waals surface area contributed by atoms with Crippen molar-refractivity contribution >= 4 is 33.2 Å². The normalized spacial score (nSPS) is 11.1. The van der Waals surface area contributed by atoms with Gasteiger partial charge in [0.05, 0.1) is 19.1 Å². The molecule has 0 saturated carbocycles. The van der Waals surface area contributed by atoms with Crippen molar-refractivity contribution in [3.05, 3.63) is 59.1 Å². The molecule has 0 saturated heterocycles. The van der Waals surface area contributed by atoms with E-state index in [-0.39, 0.29) is 18.9 Å². The Hall–Kier alpha value is -2.25. The van der Waals surface area contributed by atoms with E-state index in [0.29, 0.717) is 29.4 Å². The van der Waals surface area contributed by atoms with E-state index in [0.717, 1.165) is 11.8 Å². The number of sulfonamides is 1. The number of hydrogen-bond acceptors (Lipinski definition) is 4. The summed E-state index contributed by atoms with van der Waals surface area (Å²) in [5, 5.41) is 0.648. The lowest BCUT2D eigenvalue weighted by molar-refractivity contribution is -0.130. The third-order valence-electron chi connectivity index (χ3n) is 4.26. The van der Waals surface area contributed by atoms with Crippen LogP contribution in [0.15, 0.2) is 48.5 Å². The summed E-state index contributed by atoms with van der Waals surface area (Å²) in [6.07, 6.45) is 1.79. The zero-order valence-corrected chi connectivity index (χ0v) is 17.8. The highest BCUT2D eigenvalue weighted by atomic mass is 35.5. The van der Waals surface area contributed by atoms with Crippen molar-refractivity contribution in [2.24, 2.45) is 0 Å². The summed E-state index contributed by atoms with van der Waals surface area (Å²) in [4.78, 5) is 14.0. The molecule has 2 aromatic rings. The number of benzene rings is 2. The standard InChI is InChI=1S/C20H25ClN2O4S/c1-22(15-16-10-12-17(21)13-11-16)20(24)9-6-14-23(28(3,25)26)18-7-4-5-8-19(18)27-2/h4-5,7-8,10-13H,6,9,14-15H2,1-3H3. The summed E-state index contributed by atoms with van der Waals surface area (Å²) in [5.41, 5.74) is 1.45. The number of carbonyl (C=O) groups excluding carboxylic acids is 1. The maximum Gasteiger partial charge on any atom is 0.232 e. The average molecular weight is 425 g/mol. The van der Waals surface area contributed by atoms with E-state index in [2.05, 4.69) is 0 Å². The van der Waals surface area contributed by atoms with Crippen LogP contribution in [0.4, 0.5) is 5.69 Å². The van der Waals surface area contributed by atoms with Gasteiger partial charge in [-0.15, -0.1) is 0 Å². The summed E-state index contributed by atoms with van der Waals surface area (Å²) in [6.45, 7) is 0.665. The molecule has 0 aliphatic heterocycles. The van der Waals surface area contributed by atoms with Crippen LogP contribution in [0.1, 0.15) is 18.4 Å². The molecular formula is C20H25ClN2O4S. The predicted molar refractivity (Wildman–Crippen MR) is 112 cm³/mol. The molecule has 8 heteroatoms. The number of rotatable bonds is 9. The van der Waals surface area contributed by atoms with Gasteiger partial charge in [0, 0.05) is 31.6 Å². The van der Waals surface area contributed by atoms with Crippen molar-refractivity contribution < 1.29 is 17.9 Å². The first-order valence-corrected chi connectivity index (χ1v) is 11.0. The SMILES string of the molecule is COc1ccccc1N(CCCC(=O)N(C)Cc1ccc(Cl)cc1)S(C)(=O)=O. The van der Waals surface area contributed by atoms with Crippen LogP contribution in [0.3, 0.4) is 0 Å². The minimum absolute atomic E-state index is 0.0524. The minimum Gasteiger partial charge on any atom is -0.495 e. The smallest absolute Gasteiger partial charge is 0.232 e. The first-order valence-electron chi connectivity index (χ1n) is 8.81. The molecule has 2 aromatic carbocycles. The number of ether oxygens (including phenoxy) is 1. The number of halogens is 1. The summed E-state index contributed by atoms with van der Waals surface area (Å²) >= 11 is 5.87. The molecular weight excluding hydrogens is 400 g/mol. The lowest BCUT2D eigenvalue weighted by Gasteiger charge is -2.24. The second-order valence-electron chi connectivity index (χ2n) is 6.49. The largest absolute Gasteiger partial charge is 0.495 e. The van der Waals surface area contributed by atoms with Crippen molar-refractivity contribution in [3.63, 3.8) is 0 Å². The Bertz CT molecular complexity index is 901. The van der Waals surface area contributed by atoms with Crippen LogP contribution in [0.25, 0.3) is 0 Å². The van der Waals surface area contributed by atoms with Crippen molar-refractivity contribution in [1.82, 2.24) is 4.90 Å². The number of anilines is 1. The minimum atomic E-state index is -3.51. The molecule has 152 valence electrons. The number of nitrogens with zero attached hydrogens (tertiary/aromatic N) is 2. The van der Waals surface area contributed by atoms with Gasteiger partial charge >= 0.3 is 0 Å². The Balaban J connectivity index is 1.98. The van der Waals surface area contributed by atoms with Gasteiger partial charge in [0.2, 0.25) is 15.9 Å². The Labute approximate surface area is 171 Å². The highest BCUT2D eigenvalue weighted by Gasteiger charge is 2.21. The zero-order valence-electron chi connectivity index (χ0n) is 16.3. The van der Waals surface area contributed by atoms with Crippen LogP contribution >= 0.6 is 11.6 Å². The first-order chi connectivity index (χ1) is 13.2. The molecule has 0 spiro atoms. The van der Waals surface area contributed by atoms with E-state index in [4.69, 9.17) is 16.3 Å². The van der Waals surface area contributed by atoms with E-state index in [1.54, 1.807) is 48.3 Å². The van der Waals surface area contributed by atoms with Crippen LogP contribution < -0.4 is 9.04 Å². The van der Waals surface area contributed by atoms with Gasteiger partial charge in [-0.1, -0.05) is 35.9 Å². The van der Waals surface area contributed by atoms with Crippen LogP contribution in [0, 0.1) is 0 Å². The van der Waals surface area contributed by atoms with Gasteiger partial charge in [-0.25, -0.2) is 8.42 Å². The van der Waals surface area contributed by atoms with Crippen LogP contribution in [-0.2, 0) is 21.4 Å². The van der Waals surface area contributed by atoms with Crippen LogP contribution in [0.5, 0.6) is 5.75 Å². The first kappa shape index (κ1) is 22.0. The van der Waals surface area contributed by atoms with E-state index in [9.17, 15) is 13.2 Å². The molecule has 1 amide bonds. The van der Waals surface area contributed by atoms with E-state index >= 15 is 0 Å². The molecule has 2 rings (SSSR count). The van der Waals surface area contributed by atoms with Gasteiger partial charge in [0.25, 0.3) is 0 Å². The Morgan fingerprint density at radius 1 is 1.11 bits per heavy atom. The predicted octanol–water partition coefficient (Wildman–Crippen LogP) is 3.55. The second-order valence-corrected chi connectivity index (χ2v) is 8.83. The van der Waals surface area contributed by atoms with E-state index in [1.165, 1.54) is 11.4 Å². The third-order valence-corrected chi connectivity index (χ3v) is 5.70. The van der Waals surface area contributed by atoms with Gasteiger partial charge in [-0.05, 0) is 36.2 Å². The zero-order chi connectivity index (χ0) is 20.7. The van der Waals surface area contributed by atoms with Crippen molar-refractivity contribution in [1.29, 1.82) is 0 Å². The fraction of sp³-hybridized carbons (Fsp3) is 0.350. The average Bonchev–Trinajstić information content (AvgIpc) is 2.65. The Kier molecular flexibility index (Phi) is 7.71. The quantitative estimate of drug-likeness (QED) is 0.617. The summed E-state index contributed by atoms with van der Waals surface area (Å²) in [5.74, 6) is 0.419. The van der Waals surface area contributed by atoms with E-state index in [1.807, 2.05) is 12.1 Å². The molecule has 0 bridgehead atoms. The van der Waals surface area contributed by atoms with Gasteiger partial charge in [-0.2, -0.15) is 0 Å². The molecule has 0 heterocycles. The van der Waals surface area contributed by atoms with E-state index < -0.39 is 10.0 Å². The molecule has 0 unspecified atom stereocenters. The molecule has 0 aliphatic rings. The van der Waals surface area contributed by atoms with Gasteiger partial charge in [-0.3, -0.25) is 9.10 Å². The van der Waals surface area contributed by atoms with Crippen LogP contribution in [0.2, 0.25) is 5.02 Å². The van der Waals surface area contributed by atoms with Crippen molar-refractivity contribution in [3.8, 4) is 5.75 Å². The Morgan fingerprint density at radius 2 is 1.75 bits per heavy atom. The summed E-state index contributed by atoms with van der Waals surface area (Å²) in [6, 6.07) is 14.2. The molecule has 0 aromatic heterocycles. The maximum atomic E-state index is 12.4. The Morgan fingerprint density at radius 3 is 2.36 bits per heavy atom. The lowest BCUT2D eigenvalue weighted by atomic mass is 10.2. The van der Waals surface area contributed by atoms with Crippen molar-refractivity contribution in [2.45, 2.75) is 19.4 Å². The van der Waals surface area contributed by atoms with Crippen LogP contribution in [-0.4, -0.2) is 46.2 Å². The molecule has 0 fully saturated rings. The van der Waals surface area contributed by atoms with Gasteiger partial charge in [0.1, 0.15) is 5.75 Å². The van der Waals surface area contributed by atoms with Gasteiger partial charge in [0.15, 0.2) is 0 Å². The topological polar surface area (TPSA) is 66.9 Å². The monoisotopic (exact) mass is 424 g/mol. The molecule has 0 aliphatic carbocycles. The fourth-order valence-electron chi connectivity index (χ4n) is 2.82. The number of amides is 1. The number of para-hydroxylation sites is 2. The molecule has 0 N–H and O–H groups in total. The van der Waals surface area contributed by atoms with Gasteiger partial charge < -0.3 is 9.64 Å². The fourth-order valence-corrected chi connectivity index (χ4v) is 3.91. The molecule has 6 nitrogen and oxygen atoms in total. The number of hydrogen-bond donors (Lipinski definition) is 0. The second kappa shape index (κ2) is 9.80. The third kappa shape index (κ3) is 6.14.